The van der Waals surface area contributed by atoms with Crippen LogP contribution in [-0.4, -0.2) is 47.5 Å². The average molecular weight is 329 g/mol. The van der Waals surface area contributed by atoms with Gasteiger partial charge in [-0.2, -0.15) is 0 Å². The molecule has 0 aromatic heterocycles. The van der Waals surface area contributed by atoms with Gasteiger partial charge < -0.3 is 10.2 Å². The smallest absolute Gasteiger partial charge is 0.321 e. The fourth-order valence-electron chi connectivity index (χ4n) is 4.29. The van der Waals surface area contributed by atoms with Gasteiger partial charge in [-0.1, -0.05) is 39.0 Å². The maximum absolute atomic E-state index is 12.7. The van der Waals surface area contributed by atoms with Gasteiger partial charge in [-0.3, -0.25) is 4.90 Å². The lowest BCUT2D eigenvalue weighted by atomic mass is 9.84. The van der Waals surface area contributed by atoms with Crippen molar-refractivity contribution in [2.45, 2.75) is 52.0 Å². The number of rotatable bonds is 2. The van der Waals surface area contributed by atoms with E-state index in [0.29, 0.717) is 5.41 Å². The molecule has 0 aliphatic carbocycles. The molecule has 1 aromatic rings. The second-order valence-corrected chi connectivity index (χ2v) is 8.63. The molecule has 3 rings (SSSR count). The minimum absolute atomic E-state index is 0.0443. The van der Waals surface area contributed by atoms with E-state index in [1.165, 1.54) is 25.8 Å². The molecule has 1 aromatic carbocycles. The van der Waals surface area contributed by atoms with Gasteiger partial charge in [0.15, 0.2) is 0 Å². The van der Waals surface area contributed by atoms with Crippen LogP contribution >= 0.6 is 0 Å². The Morgan fingerprint density at radius 1 is 1.12 bits per heavy atom. The second-order valence-electron chi connectivity index (χ2n) is 8.63. The van der Waals surface area contributed by atoms with Gasteiger partial charge >= 0.3 is 6.03 Å². The highest BCUT2D eigenvalue weighted by Crippen LogP contribution is 2.39. The van der Waals surface area contributed by atoms with Crippen molar-refractivity contribution >= 4 is 11.7 Å². The summed E-state index contributed by atoms with van der Waals surface area (Å²) >= 11 is 0. The molecular formula is C20H31N3O. The quantitative estimate of drug-likeness (QED) is 0.883. The van der Waals surface area contributed by atoms with Crippen LogP contribution in [0, 0.1) is 5.41 Å². The highest BCUT2D eigenvalue weighted by Gasteiger charge is 2.45. The maximum Gasteiger partial charge on any atom is 0.321 e. The third-order valence-corrected chi connectivity index (χ3v) is 5.27. The third kappa shape index (κ3) is 3.92. The number of carbonyl (C=O) groups excluding carboxylic acids is 1. The number of hydrogen-bond acceptors (Lipinski definition) is 2. The SMILES string of the molecule is CC(C)(C)CN1CCCC12CCCN(C(=O)Nc1ccccc1)C2. The number of nitrogens with one attached hydrogen (secondary N) is 1. The molecule has 2 saturated heterocycles. The number of hydrogen-bond donors (Lipinski definition) is 1. The number of anilines is 1. The Balaban J connectivity index is 1.68. The lowest BCUT2D eigenvalue weighted by Gasteiger charge is -2.47. The normalized spacial score (nSPS) is 25.2. The van der Waals surface area contributed by atoms with E-state index in [-0.39, 0.29) is 11.6 Å². The summed E-state index contributed by atoms with van der Waals surface area (Å²) < 4.78 is 0. The highest BCUT2D eigenvalue weighted by molar-refractivity contribution is 5.89. The van der Waals surface area contributed by atoms with Crippen molar-refractivity contribution in [2.75, 3.05) is 31.5 Å². The summed E-state index contributed by atoms with van der Waals surface area (Å²) in [5.74, 6) is 0. The summed E-state index contributed by atoms with van der Waals surface area (Å²) in [6, 6.07) is 9.81. The molecule has 1 unspecified atom stereocenters. The van der Waals surface area contributed by atoms with Gasteiger partial charge in [-0.05, 0) is 49.8 Å². The summed E-state index contributed by atoms with van der Waals surface area (Å²) in [7, 11) is 0. The van der Waals surface area contributed by atoms with Crippen LogP contribution in [0.4, 0.5) is 10.5 Å². The molecule has 2 fully saturated rings. The van der Waals surface area contributed by atoms with Crippen LogP contribution in [0.15, 0.2) is 30.3 Å². The van der Waals surface area contributed by atoms with Gasteiger partial charge in [0.2, 0.25) is 0 Å². The average Bonchev–Trinajstić information content (AvgIpc) is 2.88. The van der Waals surface area contributed by atoms with Gasteiger partial charge in [0.1, 0.15) is 0 Å². The molecule has 4 heteroatoms. The molecule has 2 aliphatic rings. The summed E-state index contributed by atoms with van der Waals surface area (Å²) in [5, 5.41) is 3.05. The molecule has 0 radical (unpaired) electrons. The van der Waals surface area contributed by atoms with Crippen molar-refractivity contribution in [1.29, 1.82) is 0 Å². The van der Waals surface area contributed by atoms with Crippen molar-refractivity contribution in [3.8, 4) is 0 Å². The Bertz CT molecular complexity index is 566. The standard InChI is InChI=1S/C20H31N3O/c1-19(2,3)15-23-14-8-12-20(23)11-7-13-22(16-20)18(24)21-17-9-5-4-6-10-17/h4-6,9-10H,7-8,11-16H2,1-3H3,(H,21,24). The summed E-state index contributed by atoms with van der Waals surface area (Å²) in [4.78, 5) is 17.4. The number of carbonyl (C=O) groups is 1. The van der Waals surface area contributed by atoms with Crippen LogP contribution in [0.2, 0.25) is 0 Å². The number of amides is 2. The predicted octanol–water partition coefficient (Wildman–Crippen LogP) is 4.20. The fraction of sp³-hybridized carbons (Fsp3) is 0.650. The Hall–Kier alpha value is -1.55. The molecule has 2 amide bonds. The van der Waals surface area contributed by atoms with E-state index in [0.717, 1.165) is 31.7 Å². The maximum atomic E-state index is 12.7. The number of benzene rings is 1. The number of likely N-dealkylation sites (tertiary alicyclic amines) is 2. The van der Waals surface area contributed by atoms with Gasteiger partial charge in [0.25, 0.3) is 0 Å². The zero-order chi connectivity index (χ0) is 17.2. The summed E-state index contributed by atoms with van der Waals surface area (Å²) in [6.07, 6.45) is 4.80. The first kappa shape index (κ1) is 17.3. The highest BCUT2D eigenvalue weighted by atomic mass is 16.2. The molecule has 4 nitrogen and oxygen atoms in total. The van der Waals surface area contributed by atoms with Crippen LogP contribution in [0.3, 0.4) is 0 Å². The van der Waals surface area contributed by atoms with E-state index in [2.05, 4.69) is 31.0 Å². The van der Waals surface area contributed by atoms with Crippen LogP contribution in [0.5, 0.6) is 0 Å². The Morgan fingerprint density at radius 3 is 2.46 bits per heavy atom. The van der Waals surface area contributed by atoms with Gasteiger partial charge in [0, 0.05) is 30.9 Å². The number of piperidine rings is 1. The number of nitrogens with zero attached hydrogens (tertiary/aromatic N) is 2. The lowest BCUT2D eigenvalue weighted by Crippen LogP contribution is -2.58. The van der Waals surface area contributed by atoms with E-state index < -0.39 is 0 Å². The van der Waals surface area contributed by atoms with Crippen molar-refractivity contribution in [3.05, 3.63) is 30.3 Å². The predicted molar refractivity (Wildman–Crippen MR) is 99.3 cm³/mol. The largest absolute Gasteiger partial charge is 0.323 e. The van der Waals surface area contributed by atoms with Crippen LogP contribution in [0.1, 0.15) is 46.5 Å². The Morgan fingerprint density at radius 2 is 1.79 bits per heavy atom. The van der Waals surface area contributed by atoms with Crippen molar-refractivity contribution < 1.29 is 4.79 Å². The first-order chi connectivity index (χ1) is 11.4. The minimum Gasteiger partial charge on any atom is -0.323 e. The van der Waals surface area contributed by atoms with Crippen molar-refractivity contribution in [1.82, 2.24) is 9.80 Å². The lowest BCUT2D eigenvalue weighted by molar-refractivity contribution is 0.0371. The molecule has 132 valence electrons. The number of para-hydroxylation sites is 1. The van der Waals surface area contributed by atoms with Crippen molar-refractivity contribution in [2.24, 2.45) is 5.41 Å². The number of urea groups is 1. The Kier molecular flexibility index (Phi) is 4.86. The van der Waals surface area contributed by atoms with Crippen LogP contribution in [0.25, 0.3) is 0 Å². The fourth-order valence-corrected chi connectivity index (χ4v) is 4.29. The van der Waals surface area contributed by atoms with Gasteiger partial charge in [-0.15, -0.1) is 0 Å². The van der Waals surface area contributed by atoms with Gasteiger partial charge in [0.05, 0.1) is 0 Å². The molecule has 2 aliphatic heterocycles. The molecular weight excluding hydrogens is 298 g/mol. The second kappa shape index (κ2) is 6.75. The van der Waals surface area contributed by atoms with E-state index >= 15 is 0 Å². The first-order valence-corrected chi connectivity index (χ1v) is 9.24. The van der Waals surface area contributed by atoms with E-state index in [1.807, 2.05) is 35.2 Å². The third-order valence-electron chi connectivity index (χ3n) is 5.27. The molecule has 24 heavy (non-hydrogen) atoms. The minimum atomic E-state index is 0.0443. The van der Waals surface area contributed by atoms with Crippen LogP contribution < -0.4 is 5.32 Å². The summed E-state index contributed by atoms with van der Waals surface area (Å²) in [5.41, 5.74) is 1.37. The van der Waals surface area contributed by atoms with E-state index in [4.69, 9.17) is 0 Å². The zero-order valence-corrected chi connectivity index (χ0v) is 15.3. The monoisotopic (exact) mass is 329 g/mol. The summed E-state index contributed by atoms with van der Waals surface area (Å²) in [6.45, 7) is 10.9. The Labute approximate surface area is 146 Å². The first-order valence-electron chi connectivity index (χ1n) is 9.24. The van der Waals surface area contributed by atoms with Crippen LogP contribution in [-0.2, 0) is 0 Å². The molecule has 0 bridgehead atoms. The molecule has 2 heterocycles. The molecule has 1 atom stereocenters. The molecule has 1 N–H and O–H groups in total. The van der Waals surface area contributed by atoms with Crippen molar-refractivity contribution in [3.63, 3.8) is 0 Å². The van der Waals surface area contributed by atoms with Gasteiger partial charge in [-0.25, -0.2) is 4.79 Å². The molecule has 1 spiro atoms. The van der Waals surface area contributed by atoms with E-state index in [1.54, 1.807) is 0 Å². The zero-order valence-electron chi connectivity index (χ0n) is 15.3. The molecule has 0 saturated carbocycles. The van der Waals surface area contributed by atoms with E-state index in [9.17, 15) is 4.79 Å². The topological polar surface area (TPSA) is 35.6 Å².